The van der Waals surface area contributed by atoms with Gasteiger partial charge in [0, 0.05) is 5.69 Å². The molecule has 5 heteroatoms. The number of nitrogens with one attached hydrogen (secondary N) is 1. The van der Waals surface area contributed by atoms with E-state index in [1.165, 1.54) is 6.39 Å². The molecule has 5 nitrogen and oxygen atoms in total. The van der Waals surface area contributed by atoms with E-state index in [2.05, 4.69) is 22.4 Å². The first-order valence-corrected chi connectivity index (χ1v) is 7.74. The Morgan fingerprint density at radius 3 is 2.62 bits per heavy atom. The molecular formula is C19H20N2O3. The molecule has 0 aliphatic carbocycles. The van der Waals surface area contributed by atoms with Gasteiger partial charge >= 0.3 is 0 Å². The number of benzene rings is 2. The van der Waals surface area contributed by atoms with Crippen molar-refractivity contribution >= 4 is 5.69 Å². The summed E-state index contributed by atoms with van der Waals surface area (Å²) in [4.78, 5) is 4.09. The van der Waals surface area contributed by atoms with Gasteiger partial charge < -0.3 is 19.2 Å². The van der Waals surface area contributed by atoms with Gasteiger partial charge in [-0.15, -0.1) is 0 Å². The number of ether oxygens (including phenoxy) is 2. The van der Waals surface area contributed by atoms with E-state index in [0.29, 0.717) is 19.8 Å². The lowest BCUT2D eigenvalue weighted by atomic mass is 10.2. The first kappa shape index (κ1) is 16.1. The van der Waals surface area contributed by atoms with E-state index in [-0.39, 0.29) is 0 Å². The van der Waals surface area contributed by atoms with Gasteiger partial charge in [-0.1, -0.05) is 24.3 Å². The summed E-state index contributed by atoms with van der Waals surface area (Å²) in [6, 6.07) is 16.1. The number of methoxy groups -OCH3 is 1. The number of aromatic nitrogens is 1. The van der Waals surface area contributed by atoms with Crippen LogP contribution in [0.2, 0.25) is 0 Å². The first-order chi connectivity index (χ1) is 11.8. The molecule has 1 N–H and O–H groups in total. The number of rotatable bonds is 8. The average molecular weight is 324 g/mol. The van der Waals surface area contributed by atoms with Gasteiger partial charge in [-0.25, -0.2) is 4.98 Å². The van der Waals surface area contributed by atoms with Gasteiger partial charge in [-0.05, 0) is 35.4 Å². The molecule has 0 atom stereocenters. The van der Waals surface area contributed by atoms with Crippen LogP contribution in [0.15, 0.2) is 65.6 Å². The molecule has 0 radical (unpaired) electrons. The number of anilines is 1. The van der Waals surface area contributed by atoms with Crippen LogP contribution in [-0.4, -0.2) is 12.1 Å². The van der Waals surface area contributed by atoms with Gasteiger partial charge in [0.1, 0.15) is 12.0 Å². The predicted molar refractivity (Wildman–Crippen MR) is 91.8 cm³/mol. The molecule has 124 valence electrons. The second-order valence-electron chi connectivity index (χ2n) is 5.37. The fourth-order valence-corrected chi connectivity index (χ4v) is 2.30. The maximum atomic E-state index is 5.79. The predicted octanol–water partition coefficient (Wildman–Crippen LogP) is 4.01. The third-order valence-corrected chi connectivity index (χ3v) is 3.58. The zero-order valence-electron chi connectivity index (χ0n) is 13.6. The third kappa shape index (κ3) is 4.60. The summed E-state index contributed by atoms with van der Waals surface area (Å²) in [6.45, 7) is 1.76. The summed E-state index contributed by atoms with van der Waals surface area (Å²) in [5, 5.41) is 3.32. The quantitative estimate of drug-likeness (QED) is 0.678. The minimum atomic E-state index is 0.561. The van der Waals surface area contributed by atoms with Crippen LogP contribution in [0.5, 0.6) is 5.75 Å². The number of hydrogen-bond acceptors (Lipinski definition) is 5. The minimum absolute atomic E-state index is 0.561. The number of nitrogens with zero attached hydrogens (tertiary/aromatic N) is 1. The van der Waals surface area contributed by atoms with Gasteiger partial charge in [0.2, 0.25) is 0 Å². The lowest BCUT2D eigenvalue weighted by Gasteiger charge is -2.08. The normalized spacial score (nSPS) is 10.5. The Kier molecular flexibility index (Phi) is 5.48. The lowest BCUT2D eigenvalue weighted by molar-refractivity contribution is 0.107. The largest absolute Gasteiger partial charge is 0.497 e. The average Bonchev–Trinajstić information content (AvgIpc) is 3.15. The van der Waals surface area contributed by atoms with E-state index in [4.69, 9.17) is 13.9 Å². The second kappa shape index (κ2) is 8.17. The highest BCUT2D eigenvalue weighted by molar-refractivity contribution is 5.45. The SMILES string of the molecule is COc1ccc(COCc2cccc(NCc3cocn3)c2)cc1. The van der Waals surface area contributed by atoms with E-state index in [0.717, 1.165) is 28.3 Å². The summed E-state index contributed by atoms with van der Waals surface area (Å²) in [5.41, 5.74) is 4.14. The number of hydrogen-bond donors (Lipinski definition) is 1. The molecule has 0 spiro atoms. The Hall–Kier alpha value is -2.79. The fraction of sp³-hybridized carbons (Fsp3) is 0.211. The minimum Gasteiger partial charge on any atom is -0.497 e. The highest BCUT2D eigenvalue weighted by atomic mass is 16.5. The van der Waals surface area contributed by atoms with Gasteiger partial charge in [0.25, 0.3) is 0 Å². The summed E-state index contributed by atoms with van der Waals surface area (Å²) < 4.78 is 15.9. The molecule has 3 aromatic rings. The highest BCUT2D eigenvalue weighted by Gasteiger charge is 2.00. The topological polar surface area (TPSA) is 56.5 Å². The summed E-state index contributed by atoms with van der Waals surface area (Å²) >= 11 is 0. The molecule has 0 unspecified atom stereocenters. The van der Waals surface area contributed by atoms with Gasteiger partial charge in [0.05, 0.1) is 32.6 Å². The van der Waals surface area contributed by atoms with Crippen LogP contribution in [0.25, 0.3) is 0 Å². The third-order valence-electron chi connectivity index (χ3n) is 3.58. The molecule has 0 aliphatic rings. The van der Waals surface area contributed by atoms with Crippen LogP contribution in [0.3, 0.4) is 0 Å². The fourth-order valence-electron chi connectivity index (χ4n) is 2.30. The van der Waals surface area contributed by atoms with E-state index in [1.807, 2.05) is 36.4 Å². The lowest BCUT2D eigenvalue weighted by Crippen LogP contribution is -2.00. The van der Waals surface area contributed by atoms with Crippen molar-refractivity contribution in [2.24, 2.45) is 0 Å². The van der Waals surface area contributed by atoms with Crippen LogP contribution < -0.4 is 10.1 Å². The summed E-state index contributed by atoms with van der Waals surface area (Å²) in [5.74, 6) is 0.852. The number of oxazole rings is 1. The Morgan fingerprint density at radius 1 is 1.04 bits per heavy atom. The van der Waals surface area contributed by atoms with Crippen molar-refractivity contribution in [2.45, 2.75) is 19.8 Å². The first-order valence-electron chi connectivity index (χ1n) is 7.74. The van der Waals surface area contributed by atoms with Crippen LogP contribution in [0.4, 0.5) is 5.69 Å². The molecule has 24 heavy (non-hydrogen) atoms. The second-order valence-corrected chi connectivity index (χ2v) is 5.37. The molecule has 1 aromatic heterocycles. The van der Waals surface area contributed by atoms with Gasteiger partial charge in [-0.2, -0.15) is 0 Å². The Morgan fingerprint density at radius 2 is 1.88 bits per heavy atom. The maximum absolute atomic E-state index is 5.79. The molecule has 1 heterocycles. The van der Waals surface area contributed by atoms with Crippen LogP contribution >= 0.6 is 0 Å². The Labute approximate surface area is 141 Å². The zero-order chi connectivity index (χ0) is 16.6. The van der Waals surface area contributed by atoms with Crippen molar-refractivity contribution in [1.82, 2.24) is 4.98 Å². The standard InChI is InChI=1S/C19H20N2O3/c1-22-19-7-5-15(6-8-19)11-23-12-16-3-2-4-17(9-16)20-10-18-13-24-14-21-18/h2-9,13-14,20H,10-12H2,1H3. The monoisotopic (exact) mass is 324 g/mol. The van der Waals surface area contributed by atoms with Gasteiger partial charge in [0.15, 0.2) is 6.39 Å². The van der Waals surface area contributed by atoms with E-state index < -0.39 is 0 Å². The Balaban J connectivity index is 1.48. The van der Waals surface area contributed by atoms with E-state index in [1.54, 1.807) is 13.4 Å². The highest BCUT2D eigenvalue weighted by Crippen LogP contribution is 2.15. The van der Waals surface area contributed by atoms with Crippen LogP contribution in [-0.2, 0) is 24.5 Å². The molecule has 2 aromatic carbocycles. The molecule has 3 rings (SSSR count). The van der Waals surface area contributed by atoms with Crippen molar-refractivity contribution in [3.05, 3.63) is 78.0 Å². The van der Waals surface area contributed by atoms with Crippen molar-refractivity contribution < 1.29 is 13.9 Å². The molecule has 0 aliphatic heterocycles. The zero-order valence-corrected chi connectivity index (χ0v) is 13.6. The Bertz CT molecular complexity index is 740. The van der Waals surface area contributed by atoms with Crippen molar-refractivity contribution in [1.29, 1.82) is 0 Å². The van der Waals surface area contributed by atoms with E-state index in [9.17, 15) is 0 Å². The van der Waals surface area contributed by atoms with Crippen LogP contribution in [0.1, 0.15) is 16.8 Å². The van der Waals surface area contributed by atoms with Gasteiger partial charge in [-0.3, -0.25) is 0 Å². The molecule has 0 saturated heterocycles. The molecule has 0 bridgehead atoms. The molecule has 0 fully saturated rings. The summed E-state index contributed by atoms with van der Waals surface area (Å²) in [7, 11) is 1.66. The molecule has 0 amide bonds. The van der Waals surface area contributed by atoms with Crippen molar-refractivity contribution in [3.63, 3.8) is 0 Å². The smallest absolute Gasteiger partial charge is 0.180 e. The van der Waals surface area contributed by atoms with Crippen molar-refractivity contribution in [3.8, 4) is 5.75 Å². The maximum Gasteiger partial charge on any atom is 0.180 e. The molecular weight excluding hydrogens is 304 g/mol. The summed E-state index contributed by atoms with van der Waals surface area (Å²) in [6.07, 6.45) is 3.06. The molecule has 0 saturated carbocycles. The van der Waals surface area contributed by atoms with Crippen LogP contribution in [0, 0.1) is 0 Å². The van der Waals surface area contributed by atoms with E-state index >= 15 is 0 Å². The van der Waals surface area contributed by atoms with Crippen molar-refractivity contribution in [2.75, 3.05) is 12.4 Å².